The highest BCUT2D eigenvalue weighted by atomic mass is 32.2. The molecule has 0 spiro atoms. The van der Waals surface area contributed by atoms with Gasteiger partial charge in [-0.3, -0.25) is 4.79 Å². The second kappa shape index (κ2) is 6.84. The molecule has 124 valence electrons. The number of halogens is 2. The van der Waals surface area contributed by atoms with E-state index in [1.165, 1.54) is 0 Å². The highest BCUT2D eigenvalue weighted by Crippen LogP contribution is 2.29. The van der Waals surface area contributed by atoms with E-state index in [1.807, 2.05) is 0 Å². The van der Waals surface area contributed by atoms with Crippen LogP contribution in [0, 0.1) is 5.92 Å². The minimum Gasteiger partial charge on any atom is -0.396 e. The molecule has 5 nitrogen and oxygen atoms in total. The Hall–Kier alpha value is -1.67. The van der Waals surface area contributed by atoms with Crippen molar-refractivity contribution in [2.75, 3.05) is 19.7 Å². The van der Waals surface area contributed by atoms with Crippen molar-refractivity contribution in [3.63, 3.8) is 0 Å². The zero-order valence-corrected chi connectivity index (χ0v) is 13.2. The molecular weight excluding hydrogens is 324 g/mol. The van der Waals surface area contributed by atoms with Gasteiger partial charge in [-0.05, 0) is 30.3 Å². The lowest BCUT2D eigenvalue weighted by Gasteiger charge is -2.17. The molecule has 1 aliphatic rings. The first-order valence-corrected chi connectivity index (χ1v) is 8.25. The van der Waals surface area contributed by atoms with Crippen molar-refractivity contribution in [1.82, 2.24) is 14.5 Å². The third kappa shape index (κ3) is 3.48. The first-order chi connectivity index (χ1) is 11.1. The zero-order chi connectivity index (χ0) is 16.4. The molecule has 1 aromatic carbocycles. The summed E-state index contributed by atoms with van der Waals surface area (Å²) in [6, 6.07) is 7.08. The van der Waals surface area contributed by atoms with Gasteiger partial charge in [0.25, 0.3) is 5.76 Å². The number of carbonyl (C=O) groups is 1. The third-order valence-corrected chi connectivity index (χ3v) is 4.70. The van der Waals surface area contributed by atoms with Crippen LogP contribution in [0.2, 0.25) is 0 Å². The van der Waals surface area contributed by atoms with Gasteiger partial charge >= 0.3 is 0 Å². The summed E-state index contributed by atoms with van der Waals surface area (Å²) >= 11 is 0.348. The molecule has 1 aromatic heterocycles. The first kappa shape index (κ1) is 16.2. The maximum atomic E-state index is 12.8. The normalized spacial score (nSPS) is 18.3. The molecule has 1 atom stereocenters. The van der Waals surface area contributed by atoms with Crippen molar-refractivity contribution in [3.05, 3.63) is 24.3 Å². The highest BCUT2D eigenvalue weighted by molar-refractivity contribution is 7.99. The molecule has 23 heavy (non-hydrogen) atoms. The lowest BCUT2D eigenvalue weighted by atomic mass is 10.1. The molecule has 0 bridgehead atoms. The number of carbonyl (C=O) groups excluding carboxylic acids is 1. The molecule has 3 rings (SSSR count). The van der Waals surface area contributed by atoms with Crippen LogP contribution in [0.1, 0.15) is 6.42 Å². The van der Waals surface area contributed by atoms with E-state index in [-0.39, 0.29) is 30.1 Å². The van der Waals surface area contributed by atoms with Crippen molar-refractivity contribution in [2.24, 2.45) is 5.92 Å². The van der Waals surface area contributed by atoms with E-state index < -0.39 is 5.76 Å². The second-order valence-electron chi connectivity index (χ2n) is 5.52. The van der Waals surface area contributed by atoms with Crippen LogP contribution in [-0.2, 0) is 11.3 Å². The SMILES string of the molecule is O=C(Cn1c(SC(F)F)nc2ccccc21)N1CCC(CO)C1. The summed E-state index contributed by atoms with van der Waals surface area (Å²) in [5, 5.41) is 9.31. The van der Waals surface area contributed by atoms with Gasteiger partial charge in [-0.25, -0.2) is 4.98 Å². The van der Waals surface area contributed by atoms with Gasteiger partial charge < -0.3 is 14.6 Å². The molecule has 2 aromatic rings. The number of aliphatic hydroxyl groups excluding tert-OH is 1. The lowest BCUT2D eigenvalue weighted by Crippen LogP contribution is -2.32. The maximum Gasteiger partial charge on any atom is 0.291 e. The van der Waals surface area contributed by atoms with Crippen LogP contribution in [0.3, 0.4) is 0 Å². The fourth-order valence-electron chi connectivity index (χ4n) is 2.82. The molecule has 0 radical (unpaired) electrons. The molecular formula is C15H17F2N3O2S. The number of hydrogen-bond donors (Lipinski definition) is 1. The summed E-state index contributed by atoms with van der Waals surface area (Å²) < 4.78 is 27.0. The summed E-state index contributed by atoms with van der Waals surface area (Å²) in [7, 11) is 0. The number of benzene rings is 1. The van der Waals surface area contributed by atoms with Crippen molar-refractivity contribution in [3.8, 4) is 0 Å². The van der Waals surface area contributed by atoms with Gasteiger partial charge in [0.05, 0.1) is 11.0 Å². The van der Waals surface area contributed by atoms with Crippen LogP contribution in [0.15, 0.2) is 29.4 Å². The Kier molecular flexibility index (Phi) is 4.82. The summed E-state index contributed by atoms with van der Waals surface area (Å²) in [5.74, 6) is -2.63. The van der Waals surface area contributed by atoms with E-state index in [0.29, 0.717) is 35.9 Å². The number of fused-ring (bicyclic) bond motifs is 1. The van der Waals surface area contributed by atoms with Crippen molar-refractivity contribution in [1.29, 1.82) is 0 Å². The van der Waals surface area contributed by atoms with Gasteiger partial charge in [-0.2, -0.15) is 8.78 Å². The van der Waals surface area contributed by atoms with Crippen molar-refractivity contribution < 1.29 is 18.7 Å². The minimum absolute atomic E-state index is 0.0201. The first-order valence-electron chi connectivity index (χ1n) is 7.37. The Morgan fingerprint density at radius 1 is 1.43 bits per heavy atom. The fraction of sp³-hybridized carbons (Fsp3) is 0.467. The zero-order valence-electron chi connectivity index (χ0n) is 12.4. The molecule has 0 aliphatic carbocycles. The second-order valence-corrected chi connectivity index (χ2v) is 6.48. The maximum absolute atomic E-state index is 12.8. The van der Waals surface area contributed by atoms with E-state index in [4.69, 9.17) is 5.11 Å². The average Bonchev–Trinajstić information content (AvgIpc) is 3.12. The smallest absolute Gasteiger partial charge is 0.291 e. The van der Waals surface area contributed by atoms with Crippen LogP contribution >= 0.6 is 11.8 Å². The number of alkyl halides is 2. The largest absolute Gasteiger partial charge is 0.396 e. The van der Waals surface area contributed by atoms with Gasteiger partial charge in [0.15, 0.2) is 5.16 Å². The van der Waals surface area contributed by atoms with Crippen LogP contribution in [0.5, 0.6) is 0 Å². The molecule has 8 heteroatoms. The number of aromatic nitrogens is 2. The predicted octanol–water partition coefficient (Wildman–Crippen LogP) is 2.19. The van der Waals surface area contributed by atoms with E-state index in [2.05, 4.69) is 4.98 Å². The quantitative estimate of drug-likeness (QED) is 0.847. The molecule has 1 amide bonds. The number of likely N-dealkylation sites (tertiary alicyclic amines) is 1. The summed E-state index contributed by atoms with van der Waals surface area (Å²) in [4.78, 5) is 18.3. The number of thioether (sulfide) groups is 1. The number of hydrogen-bond acceptors (Lipinski definition) is 4. The van der Waals surface area contributed by atoms with Crippen molar-refractivity contribution >= 4 is 28.7 Å². The molecule has 1 N–H and O–H groups in total. The van der Waals surface area contributed by atoms with Gasteiger partial charge in [0.1, 0.15) is 6.54 Å². The Morgan fingerprint density at radius 2 is 2.22 bits per heavy atom. The van der Waals surface area contributed by atoms with Crippen LogP contribution in [0.25, 0.3) is 11.0 Å². The van der Waals surface area contributed by atoms with E-state index >= 15 is 0 Å². The van der Waals surface area contributed by atoms with E-state index in [9.17, 15) is 13.6 Å². The molecule has 1 unspecified atom stereocenters. The van der Waals surface area contributed by atoms with E-state index in [1.54, 1.807) is 33.7 Å². The molecule has 0 saturated carbocycles. The fourth-order valence-corrected chi connectivity index (χ4v) is 3.42. The number of imidazole rings is 1. The topological polar surface area (TPSA) is 58.4 Å². The Morgan fingerprint density at radius 3 is 2.91 bits per heavy atom. The molecule has 1 saturated heterocycles. The molecule has 1 aliphatic heterocycles. The Labute approximate surface area is 136 Å². The number of nitrogens with zero attached hydrogens (tertiary/aromatic N) is 3. The highest BCUT2D eigenvalue weighted by Gasteiger charge is 2.27. The molecule has 1 fully saturated rings. The van der Waals surface area contributed by atoms with Gasteiger partial charge in [0, 0.05) is 25.6 Å². The van der Waals surface area contributed by atoms with E-state index in [0.717, 1.165) is 6.42 Å². The Bertz CT molecular complexity index is 707. The average molecular weight is 341 g/mol. The summed E-state index contributed by atoms with van der Waals surface area (Å²) in [6.45, 7) is 1.14. The number of aliphatic hydroxyl groups is 1. The minimum atomic E-state index is -2.59. The predicted molar refractivity (Wildman–Crippen MR) is 83.4 cm³/mol. The van der Waals surface area contributed by atoms with Gasteiger partial charge in [-0.1, -0.05) is 12.1 Å². The summed E-state index contributed by atoms with van der Waals surface area (Å²) in [6.07, 6.45) is 0.769. The standard InChI is InChI=1S/C15H17F2N3O2S/c16-14(17)23-15-18-11-3-1-2-4-12(11)20(15)8-13(22)19-6-5-10(7-19)9-21/h1-4,10,14,21H,5-9H2. The monoisotopic (exact) mass is 341 g/mol. The van der Waals surface area contributed by atoms with Crippen LogP contribution in [0.4, 0.5) is 8.78 Å². The lowest BCUT2D eigenvalue weighted by molar-refractivity contribution is -0.131. The number of para-hydroxylation sites is 2. The number of amides is 1. The summed E-state index contributed by atoms with van der Waals surface area (Å²) in [5.41, 5.74) is 1.26. The van der Waals surface area contributed by atoms with Gasteiger partial charge in [-0.15, -0.1) is 0 Å². The number of rotatable bonds is 5. The van der Waals surface area contributed by atoms with Crippen molar-refractivity contribution in [2.45, 2.75) is 23.9 Å². The van der Waals surface area contributed by atoms with Crippen LogP contribution in [-0.4, -0.2) is 50.9 Å². The third-order valence-electron chi connectivity index (χ3n) is 4.00. The Balaban J connectivity index is 1.84. The van der Waals surface area contributed by atoms with Crippen LogP contribution < -0.4 is 0 Å². The van der Waals surface area contributed by atoms with Gasteiger partial charge in [0.2, 0.25) is 5.91 Å². The molecule has 2 heterocycles.